The van der Waals surface area contributed by atoms with Gasteiger partial charge in [-0.15, -0.1) is 0 Å². The molecule has 1 aliphatic heterocycles. The third-order valence-electron chi connectivity index (χ3n) is 6.52. The van der Waals surface area contributed by atoms with Crippen molar-refractivity contribution >= 4 is 12.0 Å². The zero-order valence-electron chi connectivity index (χ0n) is 16.6. The van der Waals surface area contributed by atoms with Crippen LogP contribution >= 0.6 is 0 Å². The summed E-state index contributed by atoms with van der Waals surface area (Å²) < 4.78 is 27.1. The minimum atomic E-state index is -2.89. The highest BCUT2D eigenvalue weighted by atomic mass is 19.3. The van der Waals surface area contributed by atoms with Crippen LogP contribution in [0.15, 0.2) is 0 Å². The van der Waals surface area contributed by atoms with Crippen molar-refractivity contribution in [3.63, 3.8) is 0 Å². The smallest absolute Gasteiger partial charge is 0.407 e. The van der Waals surface area contributed by atoms with Crippen molar-refractivity contribution in [1.29, 1.82) is 5.26 Å². The van der Waals surface area contributed by atoms with Crippen LogP contribution < -0.4 is 11.1 Å². The number of carbonyl (C=O) groups excluding carboxylic acids is 1. The van der Waals surface area contributed by atoms with E-state index < -0.39 is 35.9 Å². The number of amides is 2. The molecule has 4 N–H and O–H groups in total. The first-order chi connectivity index (χ1) is 13.6. The quantitative estimate of drug-likeness (QED) is 0.620. The number of nitriles is 1. The van der Waals surface area contributed by atoms with Crippen LogP contribution in [-0.2, 0) is 4.79 Å². The van der Waals surface area contributed by atoms with E-state index in [2.05, 4.69) is 5.32 Å². The highest BCUT2D eigenvalue weighted by Gasteiger charge is 2.47. The number of nitrogens with two attached hydrogens (primary N) is 1. The van der Waals surface area contributed by atoms with E-state index in [1.165, 1.54) is 17.7 Å². The minimum absolute atomic E-state index is 0.0872. The first kappa shape index (κ1) is 21.8. The van der Waals surface area contributed by atoms with E-state index in [1.54, 1.807) is 0 Å². The molecule has 0 aromatic heterocycles. The van der Waals surface area contributed by atoms with Crippen molar-refractivity contribution < 1.29 is 23.5 Å². The van der Waals surface area contributed by atoms with Crippen molar-refractivity contribution in [2.24, 2.45) is 17.1 Å². The van der Waals surface area contributed by atoms with Gasteiger partial charge in [0.15, 0.2) is 0 Å². The molecule has 4 fully saturated rings. The van der Waals surface area contributed by atoms with E-state index in [0.717, 1.165) is 38.8 Å². The van der Waals surface area contributed by atoms with Gasteiger partial charge in [0.1, 0.15) is 5.54 Å². The summed E-state index contributed by atoms with van der Waals surface area (Å²) in [5.74, 6) is -3.45. The number of nitrogens with zero attached hydrogens (tertiary/aromatic N) is 2. The van der Waals surface area contributed by atoms with Crippen LogP contribution in [0, 0.1) is 22.7 Å². The van der Waals surface area contributed by atoms with Crippen LogP contribution in [0.4, 0.5) is 13.6 Å². The number of alkyl halides is 2. The van der Waals surface area contributed by atoms with Gasteiger partial charge in [-0.05, 0) is 62.7 Å². The van der Waals surface area contributed by atoms with Gasteiger partial charge in [-0.1, -0.05) is 0 Å². The van der Waals surface area contributed by atoms with E-state index in [-0.39, 0.29) is 12.3 Å². The van der Waals surface area contributed by atoms with E-state index in [1.807, 2.05) is 6.07 Å². The number of piperidine rings is 1. The summed E-state index contributed by atoms with van der Waals surface area (Å²) in [7, 11) is 0. The molecule has 1 heterocycles. The number of rotatable bonds is 6. The van der Waals surface area contributed by atoms with Crippen molar-refractivity contribution in [1.82, 2.24) is 10.2 Å². The van der Waals surface area contributed by atoms with Gasteiger partial charge in [-0.25, -0.2) is 13.6 Å². The molecule has 3 saturated carbocycles. The fraction of sp³-hybridized carbons (Fsp3) is 0.850. The molecule has 0 radical (unpaired) electrons. The third kappa shape index (κ3) is 6.26. The maximum atomic E-state index is 13.5. The molecule has 4 rings (SSSR count). The SMILES string of the molecule is N#CC1(NC(=O)[C@@H](N)CC(F)(F)CC2CC2)CC1.O=C(O)N1CCC2(CC1)CC2. The lowest BCUT2D eigenvalue weighted by Gasteiger charge is -2.29. The molecule has 3 aliphatic carbocycles. The van der Waals surface area contributed by atoms with Crippen molar-refractivity contribution in [3.8, 4) is 6.07 Å². The highest BCUT2D eigenvalue weighted by Crippen LogP contribution is 2.53. The summed E-state index contributed by atoms with van der Waals surface area (Å²) >= 11 is 0. The Morgan fingerprint density at radius 3 is 2.21 bits per heavy atom. The van der Waals surface area contributed by atoms with E-state index in [4.69, 9.17) is 16.1 Å². The predicted molar refractivity (Wildman–Crippen MR) is 101 cm³/mol. The average Bonchev–Trinajstić information content (AvgIpc) is 3.51. The monoisotopic (exact) mass is 412 g/mol. The van der Waals surface area contributed by atoms with Crippen LogP contribution in [0.1, 0.15) is 64.2 Å². The molecule has 4 aliphatic rings. The lowest BCUT2D eigenvalue weighted by atomic mass is 9.94. The maximum Gasteiger partial charge on any atom is 0.407 e. The summed E-state index contributed by atoms with van der Waals surface area (Å²) in [6, 6.07) is 0.722. The van der Waals surface area contributed by atoms with Crippen LogP contribution in [0.25, 0.3) is 0 Å². The Morgan fingerprint density at radius 1 is 1.21 bits per heavy atom. The highest BCUT2D eigenvalue weighted by molar-refractivity contribution is 5.83. The third-order valence-corrected chi connectivity index (χ3v) is 6.52. The van der Waals surface area contributed by atoms with E-state index in [9.17, 15) is 18.4 Å². The standard InChI is InChI=1S/C12H17F2N3O.C8H13NO2/c13-12(14,5-8-1-2-8)6-9(16)10(18)17-11(7-15)3-4-11;10-7(11)9-5-3-8(1-2-8)4-6-9/h8-9H,1-6,16H2,(H,17,18);1-6H2,(H,10,11)/t9-;/m0./s1. The van der Waals surface area contributed by atoms with E-state index >= 15 is 0 Å². The summed E-state index contributed by atoms with van der Waals surface area (Å²) in [6.45, 7) is 1.52. The normalized spacial score (nSPS) is 24.6. The van der Waals surface area contributed by atoms with Crippen LogP contribution in [0.3, 0.4) is 0 Å². The topological polar surface area (TPSA) is 119 Å². The predicted octanol–water partition coefficient (Wildman–Crippen LogP) is 2.85. The summed E-state index contributed by atoms with van der Waals surface area (Å²) in [4.78, 5) is 23.7. The number of halogens is 2. The molecule has 1 spiro atoms. The Kier molecular flexibility index (Phi) is 6.04. The molecule has 29 heavy (non-hydrogen) atoms. The fourth-order valence-electron chi connectivity index (χ4n) is 3.81. The summed E-state index contributed by atoms with van der Waals surface area (Å²) in [5.41, 5.74) is 5.23. The number of hydrogen-bond acceptors (Lipinski definition) is 4. The molecule has 1 atom stereocenters. The number of hydrogen-bond donors (Lipinski definition) is 3. The van der Waals surface area contributed by atoms with Gasteiger partial charge in [-0.2, -0.15) is 5.26 Å². The summed E-state index contributed by atoms with van der Waals surface area (Å²) in [6.07, 6.45) is 6.11. The number of nitrogens with one attached hydrogen (secondary N) is 1. The number of carboxylic acid groups (broad SMARTS) is 1. The van der Waals surface area contributed by atoms with Crippen LogP contribution in [0.5, 0.6) is 0 Å². The molecule has 0 unspecified atom stereocenters. The number of likely N-dealkylation sites (tertiary alicyclic amines) is 1. The average molecular weight is 412 g/mol. The van der Waals surface area contributed by atoms with Gasteiger partial charge in [0.25, 0.3) is 0 Å². The first-order valence-electron chi connectivity index (χ1n) is 10.4. The molecule has 2 amide bonds. The zero-order chi connectivity index (χ0) is 21.3. The fourth-order valence-corrected chi connectivity index (χ4v) is 3.81. The second-order valence-electron chi connectivity index (χ2n) is 9.27. The van der Waals surface area contributed by atoms with Crippen LogP contribution in [0.2, 0.25) is 0 Å². The molecule has 0 aromatic carbocycles. The second kappa shape index (κ2) is 8.05. The first-order valence-corrected chi connectivity index (χ1v) is 10.4. The Balaban J connectivity index is 0.000000186. The molecule has 0 bridgehead atoms. The van der Waals surface area contributed by atoms with Crippen LogP contribution in [-0.4, -0.2) is 52.6 Å². The van der Waals surface area contributed by atoms with Gasteiger partial charge in [0, 0.05) is 25.9 Å². The zero-order valence-corrected chi connectivity index (χ0v) is 16.6. The lowest BCUT2D eigenvalue weighted by Crippen LogP contribution is -2.48. The van der Waals surface area contributed by atoms with Gasteiger partial charge >= 0.3 is 6.09 Å². The number of carbonyl (C=O) groups is 2. The second-order valence-corrected chi connectivity index (χ2v) is 9.27. The summed E-state index contributed by atoms with van der Waals surface area (Å²) in [5, 5.41) is 19.9. The van der Waals surface area contributed by atoms with Gasteiger partial charge < -0.3 is 21.1 Å². The Labute approximate surface area is 169 Å². The Bertz CT molecular complexity index is 672. The molecule has 7 nitrogen and oxygen atoms in total. The molecule has 9 heteroatoms. The van der Waals surface area contributed by atoms with Crippen molar-refractivity contribution in [3.05, 3.63) is 0 Å². The Hall–Kier alpha value is -1.95. The van der Waals surface area contributed by atoms with Crippen molar-refractivity contribution in [2.45, 2.75) is 81.7 Å². The molecule has 0 aromatic rings. The van der Waals surface area contributed by atoms with Gasteiger partial charge in [0.2, 0.25) is 11.8 Å². The molecule has 162 valence electrons. The van der Waals surface area contributed by atoms with Gasteiger partial charge in [-0.3, -0.25) is 4.79 Å². The minimum Gasteiger partial charge on any atom is -0.465 e. The molecule has 1 saturated heterocycles. The maximum absolute atomic E-state index is 13.5. The molecular weight excluding hydrogens is 382 g/mol. The van der Waals surface area contributed by atoms with Crippen molar-refractivity contribution in [2.75, 3.05) is 13.1 Å². The van der Waals surface area contributed by atoms with E-state index in [0.29, 0.717) is 18.3 Å². The largest absolute Gasteiger partial charge is 0.465 e. The Morgan fingerprint density at radius 2 is 1.79 bits per heavy atom. The van der Waals surface area contributed by atoms with Gasteiger partial charge in [0.05, 0.1) is 12.1 Å². The lowest BCUT2D eigenvalue weighted by molar-refractivity contribution is -0.125. The molecular formula is C20H30F2N4O3.